The third kappa shape index (κ3) is 1.90. The van der Waals surface area contributed by atoms with E-state index < -0.39 is 5.41 Å². The number of rotatable bonds is 4. The zero-order valence-electron chi connectivity index (χ0n) is 10.9. The second kappa shape index (κ2) is 4.49. The van der Waals surface area contributed by atoms with Crippen molar-refractivity contribution >= 4 is 5.91 Å². The fourth-order valence-electron chi connectivity index (χ4n) is 2.25. The SMILES string of the molecule is COc1ccc(OC)c(C2(C(=O)N(C)N)CC2)c1. The molecule has 1 aromatic rings. The Bertz CT molecular complexity index is 467. The molecule has 98 valence electrons. The lowest BCUT2D eigenvalue weighted by molar-refractivity contribution is -0.132. The van der Waals surface area contributed by atoms with Crippen molar-refractivity contribution in [2.45, 2.75) is 18.3 Å². The Morgan fingerprint density at radius 3 is 2.44 bits per heavy atom. The van der Waals surface area contributed by atoms with Crippen LogP contribution in [0.15, 0.2) is 18.2 Å². The molecule has 0 spiro atoms. The number of nitrogens with zero attached hydrogens (tertiary/aromatic N) is 1. The molecule has 0 unspecified atom stereocenters. The highest BCUT2D eigenvalue weighted by Crippen LogP contribution is 2.52. The highest BCUT2D eigenvalue weighted by molar-refractivity contribution is 5.91. The maximum atomic E-state index is 12.2. The molecule has 0 atom stereocenters. The van der Waals surface area contributed by atoms with Crippen molar-refractivity contribution in [1.29, 1.82) is 0 Å². The molecule has 2 rings (SSSR count). The fraction of sp³-hybridized carbons (Fsp3) is 0.462. The predicted molar refractivity (Wildman–Crippen MR) is 67.4 cm³/mol. The van der Waals surface area contributed by atoms with E-state index in [0.717, 1.165) is 23.4 Å². The van der Waals surface area contributed by atoms with Gasteiger partial charge in [0.25, 0.3) is 0 Å². The van der Waals surface area contributed by atoms with Gasteiger partial charge >= 0.3 is 0 Å². The first kappa shape index (κ1) is 12.7. The Kier molecular flexibility index (Phi) is 3.17. The van der Waals surface area contributed by atoms with Crippen LogP contribution in [0.4, 0.5) is 0 Å². The van der Waals surface area contributed by atoms with Crippen molar-refractivity contribution in [3.05, 3.63) is 23.8 Å². The van der Waals surface area contributed by atoms with E-state index in [2.05, 4.69) is 0 Å². The third-order valence-electron chi connectivity index (χ3n) is 3.40. The second-order valence-corrected chi connectivity index (χ2v) is 4.56. The van der Waals surface area contributed by atoms with Gasteiger partial charge in [0.15, 0.2) is 0 Å². The molecule has 0 aromatic heterocycles. The van der Waals surface area contributed by atoms with Gasteiger partial charge in [-0.15, -0.1) is 0 Å². The van der Waals surface area contributed by atoms with Crippen LogP contribution in [0.1, 0.15) is 18.4 Å². The Morgan fingerprint density at radius 1 is 1.33 bits per heavy atom. The van der Waals surface area contributed by atoms with E-state index in [-0.39, 0.29) is 5.91 Å². The minimum atomic E-state index is -0.538. The molecule has 1 amide bonds. The minimum absolute atomic E-state index is 0.0888. The Balaban J connectivity index is 2.46. The van der Waals surface area contributed by atoms with Crippen LogP contribution in [-0.4, -0.2) is 32.2 Å². The number of nitrogens with two attached hydrogens (primary N) is 1. The summed E-state index contributed by atoms with van der Waals surface area (Å²) in [5.41, 5.74) is 0.315. The smallest absolute Gasteiger partial charge is 0.246 e. The van der Waals surface area contributed by atoms with Gasteiger partial charge in [-0.25, -0.2) is 5.84 Å². The maximum absolute atomic E-state index is 12.2. The zero-order valence-corrected chi connectivity index (χ0v) is 10.9. The Labute approximate surface area is 106 Å². The van der Waals surface area contributed by atoms with Crippen LogP contribution in [0.5, 0.6) is 11.5 Å². The summed E-state index contributed by atoms with van der Waals surface area (Å²) in [6, 6.07) is 5.49. The van der Waals surface area contributed by atoms with Crippen molar-refractivity contribution in [3.8, 4) is 11.5 Å². The summed E-state index contributed by atoms with van der Waals surface area (Å²) in [5, 5.41) is 1.14. The molecule has 1 fully saturated rings. The van der Waals surface area contributed by atoms with Gasteiger partial charge in [0.05, 0.1) is 19.6 Å². The first-order chi connectivity index (χ1) is 8.55. The van der Waals surface area contributed by atoms with Crippen LogP contribution in [0.2, 0.25) is 0 Å². The van der Waals surface area contributed by atoms with Gasteiger partial charge in [-0.2, -0.15) is 0 Å². The summed E-state index contributed by atoms with van der Waals surface area (Å²) in [6.45, 7) is 0. The largest absolute Gasteiger partial charge is 0.497 e. The average molecular weight is 250 g/mol. The molecule has 5 nitrogen and oxygen atoms in total. The standard InChI is InChI=1S/C13H18N2O3/c1-15(14)12(16)13(6-7-13)10-8-9(17-2)4-5-11(10)18-3/h4-5,8H,6-7,14H2,1-3H3. The Morgan fingerprint density at radius 2 is 2.00 bits per heavy atom. The number of amides is 1. The van der Waals surface area contributed by atoms with Gasteiger partial charge in [0.1, 0.15) is 11.5 Å². The normalized spacial score (nSPS) is 16.0. The molecule has 0 heterocycles. The first-order valence-electron chi connectivity index (χ1n) is 5.80. The molecule has 1 aliphatic carbocycles. The van der Waals surface area contributed by atoms with Gasteiger partial charge in [-0.1, -0.05) is 0 Å². The summed E-state index contributed by atoms with van der Waals surface area (Å²) in [4.78, 5) is 12.2. The summed E-state index contributed by atoms with van der Waals surface area (Å²) in [6.07, 6.45) is 1.58. The zero-order chi connectivity index (χ0) is 13.3. The van der Waals surface area contributed by atoms with Gasteiger partial charge in [0, 0.05) is 12.6 Å². The average Bonchev–Trinajstić information content (AvgIpc) is 3.18. The lowest BCUT2D eigenvalue weighted by Gasteiger charge is -2.22. The molecule has 0 aliphatic heterocycles. The van der Waals surface area contributed by atoms with Crippen LogP contribution >= 0.6 is 0 Å². The van der Waals surface area contributed by atoms with Crippen molar-refractivity contribution < 1.29 is 14.3 Å². The highest BCUT2D eigenvalue weighted by atomic mass is 16.5. The van der Waals surface area contributed by atoms with Crippen molar-refractivity contribution in [1.82, 2.24) is 5.01 Å². The lowest BCUT2D eigenvalue weighted by atomic mass is 9.93. The number of hydrazine groups is 1. The molecule has 18 heavy (non-hydrogen) atoms. The molecule has 5 heteroatoms. The lowest BCUT2D eigenvalue weighted by Crippen LogP contribution is -2.41. The number of ether oxygens (including phenoxy) is 2. The molecule has 1 saturated carbocycles. The maximum Gasteiger partial charge on any atom is 0.246 e. The number of methoxy groups -OCH3 is 2. The number of carbonyl (C=O) groups excluding carboxylic acids is 1. The first-order valence-corrected chi connectivity index (χ1v) is 5.80. The minimum Gasteiger partial charge on any atom is -0.497 e. The molecule has 1 aromatic carbocycles. The molecular formula is C13H18N2O3. The van der Waals surface area contributed by atoms with E-state index in [4.69, 9.17) is 15.3 Å². The molecule has 0 radical (unpaired) electrons. The molecule has 2 N–H and O–H groups in total. The van der Waals surface area contributed by atoms with E-state index >= 15 is 0 Å². The van der Waals surface area contributed by atoms with Crippen molar-refractivity contribution in [3.63, 3.8) is 0 Å². The van der Waals surface area contributed by atoms with Crippen LogP contribution < -0.4 is 15.3 Å². The number of likely N-dealkylation sites (N-methyl/N-ethyl adjacent to an activating group) is 1. The number of hydrogen-bond donors (Lipinski definition) is 1. The number of carbonyl (C=O) groups is 1. The van der Waals surface area contributed by atoms with Crippen molar-refractivity contribution in [2.24, 2.45) is 5.84 Å². The van der Waals surface area contributed by atoms with Gasteiger partial charge in [-0.05, 0) is 31.0 Å². The fourth-order valence-corrected chi connectivity index (χ4v) is 2.25. The van der Waals surface area contributed by atoms with E-state index in [1.54, 1.807) is 21.3 Å². The monoisotopic (exact) mass is 250 g/mol. The number of hydrogen-bond acceptors (Lipinski definition) is 4. The molecule has 1 aliphatic rings. The molecule has 0 saturated heterocycles. The van der Waals surface area contributed by atoms with Crippen LogP contribution in [0, 0.1) is 0 Å². The quantitative estimate of drug-likeness (QED) is 0.493. The van der Waals surface area contributed by atoms with Crippen LogP contribution in [0.3, 0.4) is 0 Å². The number of benzene rings is 1. The second-order valence-electron chi connectivity index (χ2n) is 4.56. The molecular weight excluding hydrogens is 232 g/mol. The van der Waals surface area contributed by atoms with E-state index in [1.165, 1.54) is 0 Å². The van der Waals surface area contributed by atoms with Crippen LogP contribution in [-0.2, 0) is 10.2 Å². The topological polar surface area (TPSA) is 64.8 Å². The highest BCUT2D eigenvalue weighted by Gasteiger charge is 2.54. The van der Waals surface area contributed by atoms with Gasteiger partial charge < -0.3 is 9.47 Å². The summed E-state index contributed by atoms with van der Waals surface area (Å²) in [5.74, 6) is 6.89. The summed E-state index contributed by atoms with van der Waals surface area (Å²) >= 11 is 0. The predicted octanol–water partition coefficient (Wildman–Crippen LogP) is 1.07. The molecule has 0 bridgehead atoms. The third-order valence-corrected chi connectivity index (χ3v) is 3.40. The van der Waals surface area contributed by atoms with Gasteiger partial charge in [0.2, 0.25) is 5.91 Å². The summed E-state index contributed by atoms with van der Waals surface area (Å²) in [7, 11) is 4.76. The van der Waals surface area contributed by atoms with Crippen molar-refractivity contribution in [2.75, 3.05) is 21.3 Å². The van der Waals surface area contributed by atoms with Crippen LogP contribution in [0.25, 0.3) is 0 Å². The van der Waals surface area contributed by atoms with E-state index in [9.17, 15) is 4.79 Å². The Hall–Kier alpha value is -1.75. The summed E-state index contributed by atoms with van der Waals surface area (Å²) < 4.78 is 10.5. The van der Waals surface area contributed by atoms with E-state index in [1.807, 2.05) is 18.2 Å². The van der Waals surface area contributed by atoms with E-state index in [0.29, 0.717) is 11.5 Å². The van der Waals surface area contributed by atoms with Gasteiger partial charge in [-0.3, -0.25) is 9.80 Å².